The van der Waals surface area contributed by atoms with Gasteiger partial charge in [-0.2, -0.15) is 0 Å². The minimum atomic E-state index is -0.481. The number of halogens is 1. The molecule has 1 fully saturated rings. The van der Waals surface area contributed by atoms with Crippen molar-refractivity contribution in [3.05, 3.63) is 63.2 Å². The van der Waals surface area contributed by atoms with E-state index in [4.69, 9.17) is 11.6 Å². The molecule has 1 heterocycles. The highest BCUT2D eigenvalue weighted by Gasteiger charge is 2.22. The number of nitro groups is 1. The summed E-state index contributed by atoms with van der Waals surface area (Å²) in [7, 11) is 0. The van der Waals surface area contributed by atoms with Crippen molar-refractivity contribution in [2.75, 3.05) is 13.1 Å². The van der Waals surface area contributed by atoms with Gasteiger partial charge in [-0.05, 0) is 31.0 Å². The van der Waals surface area contributed by atoms with Crippen LogP contribution in [0.15, 0.2) is 52.3 Å². The van der Waals surface area contributed by atoms with E-state index in [1.807, 2.05) is 29.2 Å². The number of hydrogen-bond acceptors (Lipinski definition) is 4. The summed E-state index contributed by atoms with van der Waals surface area (Å²) in [4.78, 5) is 26.3. The number of rotatable bonds is 4. The van der Waals surface area contributed by atoms with Gasteiger partial charge in [-0.1, -0.05) is 35.5 Å². The van der Waals surface area contributed by atoms with E-state index >= 15 is 0 Å². The van der Waals surface area contributed by atoms with E-state index in [-0.39, 0.29) is 11.6 Å². The summed E-state index contributed by atoms with van der Waals surface area (Å²) in [6.45, 7) is 1.58. The van der Waals surface area contributed by atoms with E-state index in [1.165, 1.54) is 23.9 Å². The SMILES string of the molecule is O=C(c1ccccc1Sc1ccc([N+](=O)[O-])cc1Cl)N1CCCC1. The number of carbonyl (C=O) groups excluding carboxylic acids is 1. The summed E-state index contributed by atoms with van der Waals surface area (Å²) < 4.78 is 0. The van der Waals surface area contributed by atoms with Gasteiger partial charge in [0.2, 0.25) is 0 Å². The number of likely N-dealkylation sites (tertiary alicyclic amines) is 1. The van der Waals surface area contributed by atoms with Crippen molar-refractivity contribution in [1.29, 1.82) is 0 Å². The Balaban J connectivity index is 1.88. The maximum absolute atomic E-state index is 12.7. The molecule has 0 bridgehead atoms. The molecule has 0 atom stereocenters. The molecule has 0 unspecified atom stereocenters. The smallest absolute Gasteiger partial charge is 0.270 e. The molecule has 1 amide bonds. The summed E-state index contributed by atoms with van der Waals surface area (Å²) in [5.41, 5.74) is 0.588. The van der Waals surface area contributed by atoms with E-state index < -0.39 is 4.92 Å². The molecule has 1 aliphatic heterocycles. The number of nitro benzene ring substituents is 1. The Hall–Kier alpha value is -2.05. The van der Waals surface area contributed by atoms with Crippen LogP contribution in [-0.4, -0.2) is 28.8 Å². The molecule has 2 aromatic rings. The van der Waals surface area contributed by atoms with Crippen molar-refractivity contribution in [3.8, 4) is 0 Å². The van der Waals surface area contributed by atoms with Gasteiger partial charge in [-0.25, -0.2) is 0 Å². The average molecular weight is 363 g/mol. The van der Waals surface area contributed by atoms with Gasteiger partial charge in [-0.15, -0.1) is 0 Å². The van der Waals surface area contributed by atoms with Crippen molar-refractivity contribution < 1.29 is 9.72 Å². The first-order valence-corrected chi connectivity index (χ1v) is 8.76. The molecule has 0 spiro atoms. The fourth-order valence-corrected chi connectivity index (χ4v) is 3.86. The lowest BCUT2D eigenvalue weighted by atomic mass is 10.2. The summed E-state index contributed by atoms with van der Waals surface area (Å²) in [5, 5.41) is 11.1. The van der Waals surface area contributed by atoms with Crippen LogP contribution < -0.4 is 0 Å². The lowest BCUT2D eigenvalue weighted by molar-refractivity contribution is -0.384. The molecular formula is C17H15ClN2O3S. The number of hydrogen-bond donors (Lipinski definition) is 0. The van der Waals surface area contributed by atoms with Crippen molar-refractivity contribution in [1.82, 2.24) is 4.90 Å². The van der Waals surface area contributed by atoms with Gasteiger partial charge >= 0.3 is 0 Å². The van der Waals surface area contributed by atoms with Crippen molar-refractivity contribution in [2.45, 2.75) is 22.6 Å². The van der Waals surface area contributed by atoms with Crippen LogP contribution in [0, 0.1) is 10.1 Å². The van der Waals surface area contributed by atoms with Gasteiger partial charge in [0.1, 0.15) is 0 Å². The third kappa shape index (κ3) is 3.55. The minimum absolute atomic E-state index is 0.0219. The van der Waals surface area contributed by atoms with Crippen LogP contribution in [0.2, 0.25) is 5.02 Å². The molecule has 0 saturated carbocycles. The normalized spacial score (nSPS) is 14.0. The highest BCUT2D eigenvalue weighted by molar-refractivity contribution is 7.99. The zero-order valence-corrected chi connectivity index (χ0v) is 14.3. The van der Waals surface area contributed by atoms with E-state index in [1.54, 1.807) is 6.07 Å². The van der Waals surface area contributed by atoms with Crippen LogP contribution in [0.3, 0.4) is 0 Å². The lowest BCUT2D eigenvalue weighted by Gasteiger charge is -2.17. The molecule has 0 aromatic heterocycles. The molecule has 2 aromatic carbocycles. The molecule has 124 valence electrons. The van der Waals surface area contributed by atoms with Crippen LogP contribution in [0.1, 0.15) is 23.2 Å². The lowest BCUT2D eigenvalue weighted by Crippen LogP contribution is -2.27. The molecule has 7 heteroatoms. The van der Waals surface area contributed by atoms with E-state index in [0.29, 0.717) is 15.5 Å². The Morgan fingerprint density at radius 2 is 1.83 bits per heavy atom. The molecule has 1 aliphatic rings. The van der Waals surface area contributed by atoms with Gasteiger partial charge in [0.15, 0.2) is 0 Å². The second kappa shape index (κ2) is 7.23. The maximum Gasteiger partial charge on any atom is 0.270 e. The number of non-ortho nitro benzene ring substituents is 1. The van der Waals surface area contributed by atoms with Crippen LogP contribution in [-0.2, 0) is 0 Å². The standard InChI is InChI=1S/C17H15ClN2O3S/c18-14-11-12(20(22)23)7-8-16(14)24-15-6-2-1-5-13(15)17(21)19-9-3-4-10-19/h1-2,5-8,11H,3-4,9-10H2. The molecule has 24 heavy (non-hydrogen) atoms. The maximum atomic E-state index is 12.7. The first-order chi connectivity index (χ1) is 11.6. The van der Waals surface area contributed by atoms with Gasteiger partial charge < -0.3 is 4.90 Å². The molecule has 0 radical (unpaired) electrons. The third-order valence-corrected chi connectivity index (χ3v) is 5.43. The third-order valence-electron chi connectivity index (χ3n) is 3.86. The van der Waals surface area contributed by atoms with E-state index in [2.05, 4.69) is 0 Å². The quantitative estimate of drug-likeness (QED) is 0.587. The molecule has 0 N–H and O–H groups in total. The predicted octanol–water partition coefficient (Wildman–Crippen LogP) is 4.64. The van der Waals surface area contributed by atoms with Gasteiger partial charge in [-0.3, -0.25) is 14.9 Å². The van der Waals surface area contributed by atoms with Crippen LogP contribution in [0.4, 0.5) is 5.69 Å². The van der Waals surface area contributed by atoms with Gasteiger partial charge in [0.05, 0.1) is 15.5 Å². The summed E-state index contributed by atoms with van der Waals surface area (Å²) >= 11 is 7.51. The van der Waals surface area contributed by atoms with Crippen molar-refractivity contribution in [2.24, 2.45) is 0 Å². The number of nitrogens with zero attached hydrogens (tertiary/aromatic N) is 2. The number of amides is 1. The van der Waals surface area contributed by atoms with E-state index in [0.717, 1.165) is 30.8 Å². The highest BCUT2D eigenvalue weighted by Crippen LogP contribution is 2.37. The van der Waals surface area contributed by atoms with E-state index in [9.17, 15) is 14.9 Å². The molecule has 3 rings (SSSR count). The van der Waals surface area contributed by atoms with Crippen LogP contribution in [0.5, 0.6) is 0 Å². The number of benzene rings is 2. The Bertz CT molecular complexity index is 791. The second-order valence-corrected chi connectivity index (χ2v) is 6.96. The zero-order valence-electron chi connectivity index (χ0n) is 12.8. The monoisotopic (exact) mass is 362 g/mol. The largest absolute Gasteiger partial charge is 0.339 e. The zero-order chi connectivity index (χ0) is 17.1. The highest BCUT2D eigenvalue weighted by atomic mass is 35.5. The van der Waals surface area contributed by atoms with Crippen LogP contribution in [0.25, 0.3) is 0 Å². The summed E-state index contributed by atoms with van der Waals surface area (Å²) in [6.07, 6.45) is 2.07. The molecule has 1 saturated heterocycles. The van der Waals surface area contributed by atoms with Crippen molar-refractivity contribution in [3.63, 3.8) is 0 Å². The Morgan fingerprint density at radius 1 is 1.12 bits per heavy atom. The first kappa shape index (κ1) is 16.8. The predicted molar refractivity (Wildman–Crippen MR) is 93.8 cm³/mol. The summed E-state index contributed by atoms with van der Waals surface area (Å²) in [6, 6.07) is 11.7. The van der Waals surface area contributed by atoms with Gasteiger partial charge in [0, 0.05) is 35.0 Å². The second-order valence-electron chi connectivity index (χ2n) is 5.47. The Kier molecular flexibility index (Phi) is 5.06. The molecule has 0 aliphatic carbocycles. The molecular weight excluding hydrogens is 348 g/mol. The first-order valence-electron chi connectivity index (χ1n) is 7.56. The van der Waals surface area contributed by atoms with Crippen molar-refractivity contribution >= 4 is 35.0 Å². The Morgan fingerprint density at radius 3 is 2.50 bits per heavy atom. The fraction of sp³-hybridized carbons (Fsp3) is 0.235. The van der Waals surface area contributed by atoms with Crippen LogP contribution >= 0.6 is 23.4 Å². The van der Waals surface area contributed by atoms with Gasteiger partial charge in [0.25, 0.3) is 11.6 Å². The summed E-state index contributed by atoms with van der Waals surface area (Å²) in [5.74, 6) is 0.0219. The average Bonchev–Trinajstić information content (AvgIpc) is 3.11. The molecule has 5 nitrogen and oxygen atoms in total. The topological polar surface area (TPSA) is 63.4 Å². The minimum Gasteiger partial charge on any atom is -0.339 e. The Labute approximate surface area is 148 Å². The fourth-order valence-electron chi connectivity index (χ4n) is 2.63. The number of carbonyl (C=O) groups is 1.